The molecule has 0 saturated carbocycles. The molecule has 0 radical (unpaired) electrons. The van der Waals surface area contributed by atoms with Gasteiger partial charge in [0.25, 0.3) is 0 Å². The van der Waals surface area contributed by atoms with Crippen molar-refractivity contribution >= 4 is 11.6 Å². The lowest BCUT2D eigenvalue weighted by Gasteiger charge is -2.26. The number of nitrogens with one attached hydrogen (secondary N) is 1. The first-order valence-electron chi connectivity index (χ1n) is 5.38. The molecule has 0 aliphatic rings. The number of aromatic nitrogens is 2. The van der Waals surface area contributed by atoms with Gasteiger partial charge in [-0.2, -0.15) is 0 Å². The van der Waals surface area contributed by atoms with Gasteiger partial charge < -0.3 is 10.2 Å². The maximum absolute atomic E-state index is 4.45. The number of hydrogen-bond acceptors (Lipinski definition) is 4. The van der Waals surface area contributed by atoms with E-state index in [9.17, 15) is 0 Å². The van der Waals surface area contributed by atoms with Crippen molar-refractivity contribution in [2.45, 2.75) is 33.7 Å². The smallest absolute Gasteiger partial charge is 0.134 e. The van der Waals surface area contributed by atoms with Crippen LogP contribution in [-0.2, 0) is 0 Å². The van der Waals surface area contributed by atoms with Crippen LogP contribution in [0.25, 0.3) is 0 Å². The Morgan fingerprint density at radius 3 is 2.53 bits per heavy atom. The maximum atomic E-state index is 4.45. The standard InChI is InChI=1S/C11H20N4/c1-6-15(8(2)3)11-7-10(12-5)13-9(4)14-11/h7-8H,6H2,1-5H3,(H,12,13,14). The third-order valence-corrected chi connectivity index (χ3v) is 2.34. The van der Waals surface area contributed by atoms with Crippen LogP contribution in [-0.4, -0.2) is 29.6 Å². The van der Waals surface area contributed by atoms with Crippen LogP contribution in [0.3, 0.4) is 0 Å². The Labute approximate surface area is 91.7 Å². The van der Waals surface area contributed by atoms with E-state index in [2.05, 4.69) is 41.0 Å². The lowest BCUT2D eigenvalue weighted by Crippen LogP contribution is -2.31. The molecule has 1 heterocycles. The Kier molecular flexibility index (Phi) is 3.88. The molecule has 0 aliphatic heterocycles. The highest BCUT2D eigenvalue weighted by Gasteiger charge is 2.11. The number of hydrogen-bond donors (Lipinski definition) is 1. The van der Waals surface area contributed by atoms with Crippen LogP contribution in [0.5, 0.6) is 0 Å². The molecule has 0 aromatic carbocycles. The van der Waals surface area contributed by atoms with Gasteiger partial charge in [0.2, 0.25) is 0 Å². The molecule has 0 atom stereocenters. The van der Waals surface area contributed by atoms with Crippen molar-refractivity contribution in [1.82, 2.24) is 9.97 Å². The van der Waals surface area contributed by atoms with Gasteiger partial charge in [-0.3, -0.25) is 0 Å². The predicted molar refractivity (Wildman–Crippen MR) is 64.5 cm³/mol. The highest BCUT2D eigenvalue weighted by Crippen LogP contribution is 2.17. The van der Waals surface area contributed by atoms with Gasteiger partial charge in [0, 0.05) is 25.7 Å². The summed E-state index contributed by atoms with van der Waals surface area (Å²) < 4.78 is 0. The zero-order valence-electron chi connectivity index (χ0n) is 10.2. The van der Waals surface area contributed by atoms with E-state index >= 15 is 0 Å². The fourth-order valence-electron chi connectivity index (χ4n) is 1.62. The Balaban J connectivity index is 3.06. The molecule has 4 nitrogen and oxygen atoms in total. The summed E-state index contributed by atoms with van der Waals surface area (Å²) in [6.07, 6.45) is 0. The van der Waals surface area contributed by atoms with E-state index in [0.29, 0.717) is 6.04 Å². The zero-order valence-corrected chi connectivity index (χ0v) is 10.2. The molecule has 0 saturated heterocycles. The first kappa shape index (κ1) is 11.8. The van der Waals surface area contributed by atoms with Crippen molar-refractivity contribution in [1.29, 1.82) is 0 Å². The summed E-state index contributed by atoms with van der Waals surface area (Å²) in [4.78, 5) is 11.0. The van der Waals surface area contributed by atoms with Crippen LogP contribution in [0, 0.1) is 6.92 Å². The minimum atomic E-state index is 0.453. The van der Waals surface area contributed by atoms with Crippen molar-refractivity contribution in [3.05, 3.63) is 11.9 Å². The lowest BCUT2D eigenvalue weighted by molar-refractivity contribution is 0.690. The van der Waals surface area contributed by atoms with Crippen molar-refractivity contribution in [3.8, 4) is 0 Å². The quantitative estimate of drug-likeness (QED) is 0.822. The van der Waals surface area contributed by atoms with Crippen LogP contribution in [0.15, 0.2) is 6.07 Å². The molecule has 1 aromatic rings. The minimum Gasteiger partial charge on any atom is -0.373 e. The molecule has 0 bridgehead atoms. The lowest BCUT2D eigenvalue weighted by atomic mass is 10.3. The summed E-state index contributed by atoms with van der Waals surface area (Å²) in [6.45, 7) is 9.34. The van der Waals surface area contributed by atoms with Crippen LogP contribution in [0.4, 0.5) is 11.6 Å². The maximum Gasteiger partial charge on any atom is 0.134 e. The largest absolute Gasteiger partial charge is 0.373 e. The molecule has 4 heteroatoms. The van der Waals surface area contributed by atoms with Crippen LogP contribution in [0.2, 0.25) is 0 Å². The summed E-state index contributed by atoms with van der Waals surface area (Å²) in [5.74, 6) is 2.66. The van der Waals surface area contributed by atoms with Gasteiger partial charge in [-0.15, -0.1) is 0 Å². The first-order chi connectivity index (χ1) is 7.08. The normalized spacial score (nSPS) is 10.5. The zero-order chi connectivity index (χ0) is 11.4. The van der Waals surface area contributed by atoms with E-state index in [1.54, 1.807) is 0 Å². The fraction of sp³-hybridized carbons (Fsp3) is 0.636. The Morgan fingerprint density at radius 2 is 2.07 bits per heavy atom. The van der Waals surface area contributed by atoms with Gasteiger partial charge in [0.15, 0.2) is 0 Å². The molecule has 0 aliphatic carbocycles. The third kappa shape index (κ3) is 2.81. The summed E-state index contributed by atoms with van der Waals surface area (Å²) in [7, 11) is 1.87. The van der Waals surface area contributed by atoms with Gasteiger partial charge in [-0.05, 0) is 27.7 Å². The molecule has 0 unspecified atom stereocenters. The van der Waals surface area contributed by atoms with Crippen molar-refractivity contribution < 1.29 is 0 Å². The van der Waals surface area contributed by atoms with E-state index in [4.69, 9.17) is 0 Å². The molecule has 15 heavy (non-hydrogen) atoms. The Morgan fingerprint density at radius 1 is 1.40 bits per heavy atom. The Hall–Kier alpha value is -1.32. The topological polar surface area (TPSA) is 41.0 Å². The van der Waals surface area contributed by atoms with E-state index in [0.717, 1.165) is 24.0 Å². The van der Waals surface area contributed by atoms with Gasteiger partial charge in [-0.25, -0.2) is 9.97 Å². The monoisotopic (exact) mass is 208 g/mol. The fourth-order valence-corrected chi connectivity index (χ4v) is 1.62. The molecule has 0 spiro atoms. The van der Waals surface area contributed by atoms with Gasteiger partial charge in [0.1, 0.15) is 17.5 Å². The number of nitrogens with zero attached hydrogens (tertiary/aromatic N) is 3. The van der Waals surface area contributed by atoms with E-state index in [1.807, 2.05) is 20.0 Å². The summed E-state index contributed by atoms with van der Waals surface area (Å²) in [6, 6.07) is 2.44. The highest BCUT2D eigenvalue weighted by atomic mass is 15.2. The van der Waals surface area contributed by atoms with Gasteiger partial charge in [-0.1, -0.05) is 0 Å². The van der Waals surface area contributed by atoms with Crippen LogP contribution >= 0.6 is 0 Å². The SMILES string of the molecule is CCN(c1cc(NC)nc(C)n1)C(C)C. The first-order valence-corrected chi connectivity index (χ1v) is 5.38. The van der Waals surface area contributed by atoms with E-state index in [1.165, 1.54) is 0 Å². The average molecular weight is 208 g/mol. The molecule has 1 aromatic heterocycles. The summed E-state index contributed by atoms with van der Waals surface area (Å²) in [5.41, 5.74) is 0. The summed E-state index contributed by atoms with van der Waals surface area (Å²) in [5, 5.41) is 3.05. The molecule has 1 rings (SSSR count). The molecule has 0 amide bonds. The highest BCUT2D eigenvalue weighted by molar-refractivity contribution is 5.49. The predicted octanol–water partition coefficient (Wildman–Crippen LogP) is 2.06. The minimum absolute atomic E-state index is 0.453. The summed E-state index contributed by atoms with van der Waals surface area (Å²) >= 11 is 0. The van der Waals surface area contributed by atoms with Gasteiger partial charge >= 0.3 is 0 Å². The number of anilines is 2. The molecule has 0 fully saturated rings. The second kappa shape index (κ2) is 4.96. The number of rotatable bonds is 4. The van der Waals surface area contributed by atoms with Gasteiger partial charge in [0.05, 0.1) is 0 Å². The second-order valence-electron chi connectivity index (χ2n) is 3.79. The molecule has 84 valence electrons. The van der Waals surface area contributed by atoms with Crippen LogP contribution < -0.4 is 10.2 Å². The average Bonchev–Trinajstić information content (AvgIpc) is 2.17. The second-order valence-corrected chi connectivity index (χ2v) is 3.79. The number of aryl methyl sites for hydroxylation is 1. The van der Waals surface area contributed by atoms with E-state index in [-0.39, 0.29) is 0 Å². The molecular weight excluding hydrogens is 188 g/mol. The van der Waals surface area contributed by atoms with Crippen molar-refractivity contribution in [3.63, 3.8) is 0 Å². The van der Waals surface area contributed by atoms with Crippen LogP contribution in [0.1, 0.15) is 26.6 Å². The third-order valence-electron chi connectivity index (χ3n) is 2.34. The van der Waals surface area contributed by atoms with E-state index < -0.39 is 0 Å². The molecular formula is C11H20N4. The molecule has 1 N–H and O–H groups in total. The Bertz CT molecular complexity index is 322. The van der Waals surface area contributed by atoms with Crippen molar-refractivity contribution in [2.75, 3.05) is 23.8 Å². The van der Waals surface area contributed by atoms with Crippen molar-refractivity contribution in [2.24, 2.45) is 0 Å².